The van der Waals surface area contributed by atoms with E-state index in [-0.39, 0.29) is 5.91 Å². The van der Waals surface area contributed by atoms with E-state index in [0.29, 0.717) is 0 Å². The number of nitrogens with zero attached hydrogens (tertiary/aromatic N) is 1. The van der Waals surface area contributed by atoms with Gasteiger partial charge >= 0.3 is 0 Å². The number of nitrogens with one attached hydrogen (secondary N) is 1. The summed E-state index contributed by atoms with van der Waals surface area (Å²) in [6.45, 7) is 12.5. The van der Waals surface area contributed by atoms with Crippen LogP contribution in [0.1, 0.15) is 40.5 Å². The molecule has 1 saturated heterocycles. The third-order valence-electron chi connectivity index (χ3n) is 3.98. The number of hydrogen-bond acceptors (Lipinski definition) is 3. The molecule has 4 nitrogen and oxygen atoms in total. The van der Waals surface area contributed by atoms with Crippen LogP contribution in [0.25, 0.3) is 0 Å². The maximum atomic E-state index is 11.6. The second-order valence-corrected chi connectivity index (χ2v) is 6.18. The standard InChI is InChI=1S/C14H29N3O/c1-5-16-14(4,13(15)18)6-7-17-9-11(2)8-12(3)10-17/h11-12,16H,5-10H2,1-4H3,(H2,15,18). The van der Waals surface area contributed by atoms with Crippen molar-refractivity contribution >= 4 is 5.91 Å². The fraction of sp³-hybridized carbons (Fsp3) is 0.929. The number of carbonyl (C=O) groups is 1. The third-order valence-corrected chi connectivity index (χ3v) is 3.98. The van der Waals surface area contributed by atoms with Crippen molar-refractivity contribution in [2.24, 2.45) is 17.6 Å². The summed E-state index contributed by atoms with van der Waals surface area (Å²) < 4.78 is 0. The monoisotopic (exact) mass is 255 g/mol. The van der Waals surface area contributed by atoms with Crippen molar-refractivity contribution < 1.29 is 4.79 Å². The van der Waals surface area contributed by atoms with Gasteiger partial charge in [-0.15, -0.1) is 0 Å². The summed E-state index contributed by atoms with van der Waals surface area (Å²) in [6.07, 6.45) is 2.10. The van der Waals surface area contributed by atoms with E-state index in [4.69, 9.17) is 5.73 Å². The van der Waals surface area contributed by atoms with Gasteiger partial charge in [0.25, 0.3) is 0 Å². The normalized spacial score (nSPS) is 28.9. The summed E-state index contributed by atoms with van der Waals surface area (Å²) in [5, 5.41) is 3.22. The van der Waals surface area contributed by atoms with E-state index in [0.717, 1.165) is 44.4 Å². The van der Waals surface area contributed by atoms with Crippen molar-refractivity contribution in [3.8, 4) is 0 Å². The van der Waals surface area contributed by atoms with Gasteiger partial charge in [0.2, 0.25) is 5.91 Å². The van der Waals surface area contributed by atoms with E-state index < -0.39 is 5.54 Å². The Kier molecular flexibility index (Phi) is 5.60. The molecule has 0 radical (unpaired) electrons. The smallest absolute Gasteiger partial charge is 0.237 e. The van der Waals surface area contributed by atoms with Gasteiger partial charge in [-0.25, -0.2) is 0 Å². The van der Waals surface area contributed by atoms with E-state index in [9.17, 15) is 4.79 Å². The Morgan fingerprint density at radius 1 is 1.39 bits per heavy atom. The second-order valence-electron chi connectivity index (χ2n) is 6.18. The molecule has 0 aromatic carbocycles. The van der Waals surface area contributed by atoms with E-state index in [1.54, 1.807) is 0 Å². The minimum absolute atomic E-state index is 0.248. The van der Waals surface area contributed by atoms with Crippen LogP contribution in [0.3, 0.4) is 0 Å². The van der Waals surface area contributed by atoms with Crippen LogP contribution in [0.2, 0.25) is 0 Å². The van der Waals surface area contributed by atoms with E-state index in [1.807, 2.05) is 13.8 Å². The number of rotatable bonds is 6. The van der Waals surface area contributed by atoms with Crippen molar-refractivity contribution in [2.45, 2.75) is 46.1 Å². The molecule has 106 valence electrons. The van der Waals surface area contributed by atoms with Crippen molar-refractivity contribution in [1.82, 2.24) is 10.2 Å². The molecule has 0 aliphatic carbocycles. The maximum absolute atomic E-state index is 11.6. The lowest BCUT2D eigenvalue weighted by atomic mass is 9.90. The van der Waals surface area contributed by atoms with Crippen molar-refractivity contribution in [3.63, 3.8) is 0 Å². The van der Waals surface area contributed by atoms with Gasteiger partial charge < -0.3 is 16.0 Å². The Balaban J connectivity index is 2.49. The summed E-state index contributed by atoms with van der Waals surface area (Å²) in [4.78, 5) is 14.0. The molecule has 0 saturated carbocycles. The van der Waals surface area contributed by atoms with Crippen LogP contribution >= 0.6 is 0 Å². The molecule has 0 aromatic heterocycles. The van der Waals surface area contributed by atoms with Crippen LogP contribution in [0, 0.1) is 11.8 Å². The number of hydrogen-bond donors (Lipinski definition) is 2. The first kappa shape index (κ1) is 15.4. The molecule has 0 bridgehead atoms. The maximum Gasteiger partial charge on any atom is 0.237 e. The lowest BCUT2D eigenvalue weighted by molar-refractivity contribution is -0.124. The average molecular weight is 255 g/mol. The second kappa shape index (κ2) is 6.53. The van der Waals surface area contributed by atoms with Gasteiger partial charge in [-0.1, -0.05) is 20.8 Å². The van der Waals surface area contributed by atoms with Crippen molar-refractivity contribution in [1.29, 1.82) is 0 Å². The molecule has 1 rings (SSSR count). The topological polar surface area (TPSA) is 58.4 Å². The molecule has 18 heavy (non-hydrogen) atoms. The molecule has 0 spiro atoms. The molecule has 1 heterocycles. The Bertz CT molecular complexity index is 272. The number of likely N-dealkylation sites (tertiary alicyclic amines) is 1. The van der Waals surface area contributed by atoms with Gasteiger partial charge in [0.15, 0.2) is 0 Å². The highest BCUT2D eigenvalue weighted by atomic mass is 16.1. The van der Waals surface area contributed by atoms with Gasteiger partial charge in [0.05, 0.1) is 5.54 Å². The summed E-state index contributed by atoms with van der Waals surface area (Å²) in [6, 6.07) is 0. The van der Waals surface area contributed by atoms with Crippen LogP contribution in [-0.4, -0.2) is 42.5 Å². The Morgan fingerprint density at radius 2 is 1.94 bits per heavy atom. The van der Waals surface area contributed by atoms with Gasteiger partial charge in [-0.3, -0.25) is 4.79 Å². The van der Waals surface area contributed by atoms with E-state index in [1.165, 1.54) is 6.42 Å². The van der Waals surface area contributed by atoms with Crippen LogP contribution in [-0.2, 0) is 4.79 Å². The summed E-state index contributed by atoms with van der Waals surface area (Å²) >= 11 is 0. The Hall–Kier alpha value is -0.610. The number of amides is 1. The molecule has 4 heteroatoms. The molecule has 1 fully saturated rings. The van der Waals surface area contributed by atoms with E-state index in [2.05, 4.69) is 24.1 Å². The van der Waals surface area contributed by atoms with Gasteiger partial charge in [0, 0.05) is 19.6 Å². The predicted octanol–water partition coefficient (Wildman–Crippen LogP) is 1.21. The summed E-state index contributed by atoms with van der Waals surface area (Å²) in [5.74, 6) is 1.27. The first-order valence-corrected chi connectivity index (χ1v) is 7.14. The lowest BCUT2D eigenvalue weighted by Crippen LogP contribution is -2.55. The molecular formula is C14H29N3O. The highest BCUT2D eigenvalue weighted by molar-refractivity contribution is 5.84. The quantitative estimate of drug-likeness (QED) is 0.750. The predicted molar refractivity (Wildman–Crippen MR) is 75.3 cm³/mol. The highest BCUT2D eigenvalue weighted by Crippen LogP contribution is 2.22. The van der Waals surface area contributed by atoms with Crippen molar-refractivity contribution in [3.05, 3.63) is 0 Å². The fourth-order valence-electron chi connectivity index (χ4n) is 3.05. The molecule has 0 aromatic rings. The highest BCUT2D eigenvalue weighted by Gasteiger charge is 2.31. The van der Waals surface area contributed by atoms with Gasteiger partial charge in [0.1, 0.15) is 0 Å². The lowest BCUT2D eigenvalue weighted by Gasteiger charge is -2.37. The SMILES string of the molecule is CCNC(C)(CCN1CC(C)CC(C)C1)C(N)=O. The van der Waals surface area contributed by atoms with Gasteiger partial charge in [-0.05, 0) is 38.1 Å². The first-order chi connectivity index (χ1) is 8.37. The van der Waals surface area contributed by atoms with E-state index >= 15 is 0 Å². The Morgan fingerprint density at radius 3 is 2.39 bits per heavy atom. The van der Waals surface area contributed by atoms with Gasteiger partial charge in [-0.2, -0.15) is 0 Å². The number of nitrogens with two attached hydrogens (primary N) is 1. The number of primary amides is 1. The van der Waals surface area contributed by atoms with Crippen LogP contribution < -0.4 is 11.1 Å². The molecule has 1 aliphatic rings. The van der Waals surface area contributed by atoms with Crippen molar-refractivity contribution in [2.75, 3.05) is 26.2 Å². The average Bonchev–Trinajstić information content (AvgIpc) is 2.25. The minimum Gasteiger partial charge on any atom is -0.368 e. The van der Waals surface area contributed by atoms with Crippen LogP contribution in [0.5, 0.6) is 0 Å². The number of likely N-dealkylation sites (N-methyl/N-ethyl adjacent to an activating group) is 1. The fourth-order valence-corrected chi connectivity index (χ4v) is 3.05. The zero-order valence-corrected chi connectivity index (χ0v) is 12.3. The largest absolute Gasteiger partial charge is 0.368 e. The minimum atomic E-state index is -0.571. The Labute approximate surface area is 111 Å². The number of piperidine rings is 1. The summed E-state index contributed by atoms with van der Waals surface area (Å²) in [5.41, 5.74) is 4.94. The molecule has 3 unspecified atom stereocenters. The van der Waals surface area contributed by atoms with Crippen LogP contribution in [0.15, 0.2) is 0 Å². The molecule has 3 N–H and O–H groups in total. The number of carbonyl (C=O) groups excluding carboxylic acids is 1. The van der Waals surface area contributed by atoms with Crippen LogP contribution in [0.4, 0.5) is 0 Å². The molecule has 1 aliphatic heterocycles. The molecular weight excluding hydrogens is 226 g/mol. The third kappa shape index (κ3) is 4.25. The first-order valence-electron chi connectivity index (χ1n) is 7.14. The molecule has 1 amide bonds. The summed E-state index contributed by atoms with van der Waals surface area (Å²) in [7, 11) is 0. The zero-order chi connectivity index (χ0) is 13.8. The zero-order valence-electron chi connectivity index (χ0n) is 12.3. The molecule has 3 atom stereocenters.